The number of benzene rings is 1. The normalized spacial score (nSPS) is 19.9. The molecule has 0 radical (unpaired) electrons. The summed E-state index contributed by atoms with van der Waals surface area (Å²) >= 11 is 5.66. The molecule has 0 spiro atoms. The molecule has 1 aromatic rings. The number of amides is 1. The van der Waals surface area contributed by atoms with Gasteiger partial charge in [0.25, 0.3) is 5.91 Å². The second-order valence-electron chi connectivity index (χ2n) is 4.00. The van der Waals surface area contributed by atoms with Crippen molar-refractivity contribution in [1.82, 2.24) is 4.90 Å². The molecule has 1 atom stereocenters. The molecule has 98 valence electrons. The molecule has 1 saturated heterocycles. The molecule has 1 aliphatic heterocycles. The lowest BCUT2D eigenvalue weighted by atomic mass is 10.1. The number of ether oxygens (including phenoxy) is 1. The van der Waals surface area contributed by atoms with Gasteiger partial charge in [-0.15, -0.1) is 11.6 Å². The Morgan fingerprint density at radius 3 is 3.00 bits per heavy atom. The fourth-order valence-electron chi connectivity index (χ4n) is 1.84. The molecule has 2 rings (SSSR count). The van der Waals surface area contributed by atoms with Gasteiger partial charge in [0, 0.05) is 13.1 Å². The minimum absolute atomic E-state index is 0.259. The summed E-state index contributed by atoms with van der Waals surface area (Å²) in [6.07, 6.45) is -0.263. The SMILES string of the molecule is O=C(c1cccc(F)c1F)N1CCOC(CCl)C1. The molecule has 0 saturated carbocycles. The number of morpholine rings is 1. The molecule has 1 fully saturated rings. The van der Waals surface area contributed by atoms with E-state index < -0.39 is 17.5 Å². The first-order valence-corrected chi connectivity index (χ1v) is 6.07. The van der Waals surface area contributed by atoms with Crippen LogP contribution in [0.4, 0.5) is 8.78 Å². The van der Waals surface area contributed by atoms with Crippen LogP contribution >= 0.6 is 11.6 Å². The Kier molecular flexibility index (Phi) is 4.14. The van der Waals surface area contributed by atoms with Crippen LogP contribution in [0.5, 0.6) is 0 Å². The van der Waals surface area contributed by atoms with E-state index in [0.29, 0.717) is 13.2 Å². The maximum Gasteiger partial charge on any atom is 0.257 e. The standard InChI is InChI=1S/C12H12ClF2NO2/c13-6-8-7-16(4-5-18-8)12(17)9-2-1-3-10(14)11(9)15/h1-3,8H,4-7H2. The first kappa shape index (κ1) is 13.2. The van der Waals surface area contributed by atoms with E-state index >= 15 is 0 Å². The first-order chi connectivity index (χ1) is 8.63. The van der Waals surface area contributed by atoms with Gasteiger partial charge in [0.2, 0.25) is 0 Å². The smallest absolute Gasteiger partial charge is 0.257 e. The molecule has 1 unspecified atom stereocenters. The van der Waals surface area contributed by atoms with Crippen LogP contribution in [0.3, 0.4) is 0 Å². The summed E-state index contributed by atoms with van der Waals surface area (Å²) in [6, 6.07) is 3.56. The Morgan fingerprint density at radius 2 is 2.28 bits per heavy atom. The predicted molar refractivity (Wildman–Crippen MR) is 62.7 cm³/mol. The van der Waals surface area contributed by atoms with E-state index in [2.05, 4.69) is 0 Å². The molecule has 1 amide bonds. The van der Waals surface area contributed by atoms with Crippen LogP contribution in [0.25, 0.3) is 0 Å². The fraction of sp³-hybridized carbons (Fsp3) is 0.417. The molecule has 6 heteroatoms. The van der Waals surface area contributed by atoms with E-state index in [0.717, 1.165) is 6.07 Å². The summed E-state index contributed by atoms with van der Waals surface area (Å²) in [5, 5.41) is 0. The van der Waals surface area contributed by atoms with Crippen molar-refractivity contribution in [3.63, 3.8) is 0 Å². The molecule has 1 aromatic carbocycles. The summed E-state index contributed by atoms with van der Waals surface area (Å²) in [7, 11) is 0. The third-order valence-electron chi connectivity index (χ3n) is 2.78. The Hall–Kier alpha value is -1.20. The highest BCUT2D eigenvalue weighted by molar-refractivity contribution is 6.18. The summed E-state index contributed by atoms with van der Waals surface area (Å²) < 4.78 is 31.9. The average Bonchev–Trinajstić information content (AvgIpc) is 2.41. The maximum atomic E-state index is 13.5. The third-order valence-corrected chi connectivity index (χ3v) is 3.12. The van der Waals surface area contributed by atoms with Gasteiger partial charge in [0.05, 0.1) is 24.2 Å². The van der Waals surface area contributed by atoms with Gasteiger partial charge in [-0.3, -0.25) is 4.79 Å². The summed E-state index contributed by atoms with van der Waals surface area (Å²) in [6.45, 7) is 0.987. The number of carbonyl (C=O) groups excluding carboxylic acids is 1. The van der Waals surface area contributed by atoms with Gasteiger partial charge in [0.15, 0.2) is 11.6 Å². The van der Waals surface area contributed by atoms with E-state index in [4.69, 9.17) is 16.3 Å². The Balaban J connectivity index is 2.18. The number of rotatable bonds is 2. The topological polar surface area (TPSA) is 29.5 Å². The zero-order valence-corrected chi connectivity index (χ0v) is 10.3. The van der Waals surface area contributed by atoms with Crippen molar-refractivity contribution in [2.45, 2.75) is 6.10 Å². The van der Waals surface area contributed by atoms with Gasteiger partial charge < -0.3 is 9.64 Å². The van der Waals surface area contributed by atoms with Crippen LogP contribution in [-0.4, -0.2) is 42.5 Å². The van der Waals surface area contributed by atoms with Gasteiger partial charge in [0.1, 0.15) is 0 Å². The van der Waals surface area contributed by atoms with Gasteiger partial charge >= 0.3 is 0 Å². The highest BCUT2D eigenvalue weighted by atomic mass is 35.5. The Labute approximate surface area is 108 Å². The fourth-order valence-corrected chi connectivity index (χ4v) is 2.02. The summed E-state index contributed by atoms with van der Waals surface area (Å²) in [5.74, 6) is -2.42. The number of halogens is 3. The third kappa shape index (κ3) is 2.62. The van der Waals surface area contributed by atoms with E-state index in [1.807, 2.05) is 0 Å². The van der Waals surface area contributed by atoms with Crippen LogP contribution in [0, 0.1) is 11.6 Å². The number of hydrogen-bond acceptors (Lipinski definition) is 2. The van der Waals surface area contributed by atoms with Crippen LogP contribution < -0.4 is 0 Å². The molecule has 0 bridgehead atoms. The second-order valence-corrected chi connectivity index (χ2v) is 4.31. The van der Waals surface area contributed by atoms with Crippen LogP contribution in [0.1, 0.15) is 10.4 Å². The predicted octanol–water partition coefficient (Wildman–Crippen LogP) is 2.04. The number of hydrogen-bond donors (Lipinski definition) is 0. The van der Waals surface area contributed by atoms with E-state index in [-0.39, 0.29) is 24.1 Å². The molecule has 0 aromatic heterocycles. The van der Waals surface area contributed by atoms with Crippen molar-refractivity contribution in [1.29, 1.82) is 0 Å². The van der Waals surface area contributed by atoms with Gasteiger partial charge in [-0.1, -0.05) is 6.07 Å². The molecule has 1 aliphatic rings. The zero-order chi connectivity index (χ0) is 13.1. The summed E-state index contributed by atoms with van der Waals surface area (Å²) in [5.41, 5.74) is -0.259. The zero-order valence-electron chi connectivity index (χ0n) is 9.54. The molecule has 18 heavy (non-hydrogen) atoms. The second kappa shape index (κ2) is 5.63. The first-order valence-electron chi connectivity index (χ1n) is 5.54. The van der Waals surface area contributed by atoms with Gasteiger partial charge in [-0.05, 0) is 12.1 Å². The largest absolute Gasteiger partial charge is 0.373 e. The number of carbonyl (C=O) groups is 1. The van der Waals surface area contributed by atoms with Crippen molar-refractivity contribution in [3.8, 4) is 0 Å². The maximum absolute atomic E-state index is 13.5. The van der Waals surface area contributed by atoms with Crippen molar-refractivity contribution in [3.05, 3.63) is 35.4 Å². The highest BCUT2D eigenvalue weighted by Gasteiger charge is 2.26. The minimum Gasteiger partial charge on any atom is -0.373 e. The van der Waals surface area contributed by atoms with E-state index in [1.165, 1.54) is 17.0 Å². The van der Waals surface area contributed by atoms with Crippen LogP contribution in [-0.2, 0) is 4.74 Å². The van der Waals surface area contributed by atoms with Crippen LogP contribution in [0.2, 0.25) is 0 Å². The van der Waals surface area contributed by atoms with Gasteiger partial charge in [-0.25, -0.2) is 8.78 Å². The average molecular weight is 276 g/mol. The lowest BCUT2D eigenvalue weighted by Gasteiger charge is -2.32. The van der Waals surface area contributed by atoms with E-state index in [9.17, 15) is 13.6 Å². The molecule has 3 nitrogen and oxygen atoms in total. The summed E-state index contributed by atoms with van der Waals surface area (Å²) in [4.78, 5) is 13.5. The molecule has 1 heterocycles. The Bertz CT molecular complexity index is 456. The molecule has 0 aliphatic carbocycles. The minimum atomic E-state index is -1.11. The van der Waals surface area contributed by atoms with E-state index in [1.54, 1.807) is 0 Å². The number of nitrogens with zero attached hydrogens (tertiary/aromatic N) is 1. The lowest BCUT2D eigenvalue weighted by Crippen LogP contribution is -2.46. The van der Waals surface area contributed by atoms with Crippen molar-refractivity contribution in [2.24, 2.45) is 0 Å². The molecular weight excluding hydrogens is 264 g/mol. The molecular formula is C12H12ClF2NO2. The lowest BCUT2D eigenvalue weighted by molar-refractivity contribution is -0.0110. The van der Waals surface area contributed by atoms with Crippen molar-refractivity contribution in [2.75, 3.05) is 25.6 Å². The van der Waals surface area contributed by atoms with Crippen molar-refractivity contribution >= 4 is 17.5 Å². The van der Waals surface area contributed by atoms with Crippen molar-refractivity contribution < 1.29 is 18.3 Å². The number of alkyl halides is 1. The Morgan fingerprint density at radius 1 is 1.50 bits per heavy atom. The monoisotopic (exact) mass is 275 g/mol. The molecule has 0 N–H and O–H groups in total. The highest BCUT2D eigenvalue weighted by Crippen LogP contribution is 2.16. The van der Waals surface area contributed by atoms with Crippen LogP contribution in [0.15, 0.2) is 18.2 Å². The quantitative estimate of drug-likeness (QED) is 0.773. The van der Waals surface area contributed by atoms with Gasteiger partial charge in [-0.2, -0.15) is 0 Å².